The van der Waals surface area contributed by atoms with Gasteiger partial charge in [-0.15, -0.1) is 0 Å². The van der Waals surface area contributed by atoms with E-state index in [1.807, 2.05) is 71.0 Å². The van der Waals surface area contributed by atoms with Crippen LogP contribution in [0.3, 0.4) is 0 Å². The average molecular weight is 530 g/mol. The molecule has 2 atom stereocenters. The lowest BCUT2D eigenvalue weighted by molar-refractivity contribution is -0.146. The van der Waals surface area contributed by atoms with E-state index in [4.69, 9.17) is 16.3 Å². The van der Waals surface area contributed by atoms with Crippen molar-refractivity contribution >= 4 is 35.2 Å². The maximum Gasteiger partial charge on any atom is 0.408 e. The fourth-order valence-electron chi connectivity index (χ4n) is 3.93. The molecule has 0 bridgehead atoms. The standard InChI is InChI=1S/C29H40ClN3O4/c1-10-20-14-16-21(17-15-20)24(25(34)32-23-18(2)12-11-13-22(23)30)33(28(4,5)6)26(35)19(3)31-27(36)37-29(7,8)9/h11-17,19,24H,10H2,1-9H3,(H,31,36)(H,32,34). The van der Waals surface area contributed by atoms with Gasteiger partial charge in [-0.25, -0.2) is 4.79 Å². The Kier molecular flexibility index (Phi) is 9.78. The summed E-state index contributed by atoms with van der Waals surface area (Å²) in [5.41, 5.74) is 1.56. The van der Waals surface area contributed by atoms with Crippen molar-refractivity contribution in [1.29, 1.82) is 0 Å². The Morgan fingerprint density at radius 3 is 2.08 bits per heavy atom. The second kappa shape index (κ2) is 12.0. The maximum absolute atomic E-state index is 13.9. The number of nitrogens with zero attached hydrogens (tertiary/aromatic N) is 1. The lowest BCUT2D eigenvalue weighted by Crippen LogP contribution is -2.57. The molecule has 0 spiro atoms. The van der Waals surface area contributed by atoms with Crippen LogP contribution in [0.1, 0.15) is 78.1 Å². The lowest BCUT2D eigenvalue weighted by Gasteiger charge is -2.42. The Labute approximate surface area is 225 Å². The molecule has 2 rings (SSSR count). The fourth-order valence-corrected chi connectivity index (χ4v) is 4.20. The molecule has 0 aliphatic carbocycles. The van der Waals surface area contributed by atoms with Crippen molar-refractivity contribution in [3.8, 4) is 0 Å². The molecule has 0 radical (unpaired) electrons. The number of hydrogen-bond acceptors (Lipinski definition) is 4. The molecule has 0 fully saturated rings. The van der Waals surface area contributed by atoms with Crippen LogP contribution in [0.15, 0.2) is 42.5 Å². The molecule has 2 N–H and O–H groups in total. The fraction of sp³-hybridized carbons (Fsp3) is 0.483. The molecule has 0 heterocycles. The van der Waals surface area contributed by atoms with Gasteiger partial charge in [-0.1, -0.05) is 54.9 Å². The largest absolute Gasteiger partial charge is 0.444 e. The van der Waals surface area contributed by atoms with Crippen molar-refractivity contribution < 1.29 is 19.1 Å². The highest BCUT2D eigenvalue weighted by Crippen LogP contribution is 2.33. The SMILES string of the molecule is CCc1ccc(C(C(=O)Nc2c(C)cccc2Cl)N(C(=O)C(C)NC(=O)OC(C)(C)C)C(C)(C)C)cc1. The number of amides is 3. The number of para-hydroxylation sites is 1. The van der Waals surface area contributed by atoms with Gasteiger partial charge in [-0.05, 0) is 84.6 Å². The quantitative estimate of drug-likeness (QED) is 0.432. The molecule has 8 heteroatoms. The molecule has 37 heavy (non-hydrogen) atoms. The predicted molar refractivity (Wildman–Crippen MR) is 149 cm³/mol. The zero-order valence-electron chi connectivity index (χ0n) is 23.4. The van der Waals surface area contributed by atoms with Crippen LogP contribution < -0.4 is 10.6 Å². The van der Waals surface area contributed by atoms with E-state index in [-0.39, 0.29) is 0 Å². The van der Waals surface area contributed by atoms with E-state index in [0.29, 0.717) is 16.3 Å². The topological polar surface area (TPSA) is 87.7 Å². The minimum atomic E-state index is -0.989. The summed E-state index contributed by atoms with van der Waals surface area (Å²) in [5.74, 6) is -0.831. The summed E-state index contributed by atoms with van der Waals surface area (Å²) in [7, 11) is 0. The van der Waals surface area contributed by atoms with Crippen LogP contribution >= 0.6 is 11.6 Å². The van der Waals surface area contributed by atoms with Crippen molar-refractivity contribution in [2.45, 2.75) is 92.0 Å². The Bertz CT molecular complexity index is 1100. The van der Waals surface area contributed by atoms with Crippen LogP contribution in [0.4, 0.5) is 10.5 Å². The highest BCUT2D eigenvalue weighted by molar-refractivity contribution is 6.34. The van der Waals surface area contributed by atoms with Crippen LogP contribution in [0.2, 0.25) is 5.02 Å². The lowest BCUT2D eigenvalue weighted by atomic mass is 9.94. The van der Waals surface area contributed by atoms with Gasteiger partial charge < -0.3 is 20.3 Å². The van der Waals surface area contributed by atoms with Crippen molar-refractivity contribution in [2.75, 3.05) is 5.32 Å². The Morgan fingerprint density at radius 1 is 1.00 bits per heavy atom. The summed E-state index contributed by atoms with van der Waals surface area (Å²) in [4.78, 5) is 41.7. The van der Waals surface area contributed by atoms with Gasteiger partial charge in [0.2, 0.25) is 5.91 Å². The molecule has 7 nitrogen and oxygen atoms in total. The first-order valence-electron chi connectivity index (χ1n) is 12.5. The number of anilines is 1. The number of halogens is 1. The Hall–Kier alpha value is -3.06. The van der Waals surface area contributed by atoms with Crippen LogP contribution in [0.25, 0.3) is 0 Å². The summed E-state index contributed by atoms with van der Waals surface area (Å²) in [6, 6.07) is 11.1. The molecule has 202 valence electrons. The normalized spacial score (nSPS) is 13.4. The van der Waals surface area contributed by atoms with Crippen LogP contribution in [0.5, 0.6) is 0 Å². The molecule has 2 aromatic carbocycles. The van der Waals surface area contributed by atoms with Crippen molar-refractivity contribution in [3.63, 3.8) is 0 Å². The van der Waals surface area contributed by atoms with Crippen molar-refractivity contribution in [2.24, 2.45) is 0 Å². The van der Waals surface area contributed by atoms with E-state index < -0.39 is 41.1 Å². The van der Waals surface area contributed by atoms with Gasteiger partial charge in [0.25, 0.3) is 5.91 Å². The number of benzene rings is 2. The number of carbonyl (C=O) groups excluding carboxylic acids is 3. The molecule has 2 unspecified atom stereocenters. The maximum atomic E-state index is 13.9. The van der Waals surface area contributed by atoms with Crippen LogP contribution in [0, 0.1) is 6.92 Å². The molecule has 0 aromatic heterocycles. The first-order chi connectivity index (χ1) is 17.0. The van der Waals surface area contributed by atoms with Gasteiger partial charge in [0.15, 0.2) is 0 Å². The first kappa shape index (κ1) is 30.2. The van der Waals surface area contributed by atoms with Crippen molar-refractivity contribution in [1.82, 2.24) is 10.2 Å². The highest BCUT2D eigenvalue weighted by atomic mass is 35.5. The number of alkyl carbamates (subject to hydrolysis) is 1. The monoisotopic (exact) mass is 529 g/mol. The number of nitrogens with one attached hydrogen (secondary N) is 2. The minimum Gasteiger partial charge on any atom is -0.444 e. The average Bonchev–Trinajstić information content (AvgIpc) is 2.77. The van der Waals surface area contributed by atoms with Gasteiger partial charge in [-0.3, -0.25) is 9.59 Å². The van der Waals surface area contributed by atoms with E-state index >= 15 is 0 Å². The van der Waals surface area contributed by atoms with E-state index in [1.165, 1.54) is 4.90 Å². The Morgan fingerprint density at radius 2 is 1.59 bits per heavy atom. The molecular weight excluding hydrogens is 490 g/mol. The second-order valence-electron chi connectivity index (χ2n) is 11.2. The zero-order chi connectivity index (χ0) is 28.1. The second-order valence-corrected chi connectivity index (χ2v) is 11.6. The van der Waals surface area contributed by atoms with Crippen molar-refractivity contribution in [3.05, 3.63) is 64.2 Å². The van der Waals surface area contributed by atoms with E-state index in [0.717, 1.165) is 17.5 Å². The number of hydrogen-bond donors (Lipinski definition) is 2. The molecule has 2 aromatic rings. The van der Waals surface area contributed by atoms with Gasteiger partial charge in [0, 0.05) is 5.54 Å². The van der Waals surface area contributed by atoms with E-state index in [2.05, 4.69) is 10.6 Å². The van der Waals surface area contributed by atoms with Gasteiger partial charge in [0.1, 0.15) is 17.7 Å². The number of carbonyl (C=O) groups is 3. The van der Waals surface area contributed by atoms with Crippen LogP contribution in [-0.4, -0.2) is 40.0 Å². The molecule has 0 aliphatic heterocycles. The van der Waals surface area contributed by atoms with Crippen LogP contribution in [-0.2, 0) is 20.7 Å². The highest BCUT2D eigenvalue weighted by Gasteiger charge is 2.41. The zero-order valence-corrected chi connectivity index (χ0v) is 24.1. The van der Waals surface area contributed by atoms with E-state index in [1.54, 1.807) is 33.8 Å². The van der Waals surface area contributed by atoms with Gasteiger partial charge in [0.05, 0.1) is 10.7 Å². The summed E-state index contributed by atoms with van der Waals surface area (Å²) >= 11 is 6.40. The smallest absolute Gasteiger partial charge is 0.408 e. The third-order valence-corrected chi connectivity index (χ3v) is 6.06. The molecule has 0 saturated carbocycles. The molecule has 3 amide bonds. The van der Waals surface area contributed by atoms with Gasteiger partial charge in [-0.2, -0.15) is 0 Å². The summed E-state index contributed by atoms with van der Waals surface area (Å²) in [5, 5.41) is 5.97. The predicted octanol–water partition coefficient (Wildman–Crippen LogP) is 6.43. The third kappa shape index (κ3) is 8.22. The number of ether oxygens (including phenoxy) is 1. The number of aryl methyl sites for hydroxylation is 2. The number of rotatable bonds is 7. The van der Waals surface area contributed by atoms with Gasteiger partial charge >= 0.3 is 6.09 Å². The minimum absolute atomic E-state index is 0.405. The molecule has 0 saturated heterocycles. The molecular formula is C29H40ClN3O4. The summed E-state index contributed by atoms with van der Waals surface area (Å²) in [6.45, 7) is 16.3. The summed E-state index contributed by atoms with van der Waals surface area (Å²) < 4.78 is 5.33. The third-order valence-electron chi connectivity index (χ3n) is 5.74. The Balaban J connectivity index is 2.54. The summed E-state index contributed by atoms with van der Waals surface area (Å²) in [6.07, 6.45) is 0.136. The molecule has 0 aliphatic rings. The van der Waals surface area contributed by atoms with E-state index in [9.17, 15) is 14.4 Å². The first-order valence-corrected chi connectivity index (χ1v) is 12.9.